The summed E-state index contributed by atoms with van der Waals surface area (Å²) >= 11 is 0. The first-order valence-corrected chi connectivity index (χ1v) is 6.26. The minimum atomic E-state index is -0.808. The Morgan fingerprint density at radius 1 is 1.05 bits per heavy atom. The van der Waals surface area contributed by atoms with Crippen LogP contribution < -0.4 is 4.74 Å². The highest BCUT2D eigenvalue weighted by molar-refractivity contribution is 5.98. The summed E-state index contributed by atoms with van der Waals surface area (Å²) in [4.78, 5) is 12.4. The Morgan fingerprint density at radius 2 is 1.74 bits per heavy atom. The molecular weight excluding hydrogens is 240 g/mol. The van der Waals surface area contributed by atoms with Gasteiger partial charge in [-0.25, -0.2) is 0 Å². The van der Waals surface area contributed by atoms with Crippen molar-refractivity contribution in [2.24, 2.45) is 5.92 Å². The SMILES string of the molecule is O=C(c1ccccc1)[C@H]1COc2ccccc2[C@@H]1O. The molecule has 19 heavy (non-hydrogen) atoms. The molecule has 0 saturated heterocycles. The van der Waals surface area contributed by atoms with E-state index in [1.807, 2.05) is 36.4 Å². The fraction of sp³-hybridized carbons (Fsp3) is 0.188. The Bertz CT molecular complexity index is 592. The number of Topliss-reactive ketones (excluding diaryl/α,β-unsaturated/α-hetero) is 1. The van der Waals surface area contributed by atoms with Gasteiger partial charge in [-0.15, -0.1) is 0 Å². The van der Waals surface area contributed by atoms with Crippen LogP contribution in [-0.4, -0.2) is 17.5 Å². The molecule has 3 nitrogen and oxygen atoms in total. The highest BCUT2D eigenvalue weighted by atomic mass is 16.5. The zero-order valence-corrected chi connectivity index (χ0v) is 10.3. The normalized spacial score (nSPS) is 21.3. The molecule has 0 fully saturated rings. The summed E-state index contributed by atoms with van der Waals surface area (Å²) in [5, 5.41) is 10.4. The Morgan fingerprint density at radius 3 is 2.53 bits per heavy atom. The number of hydrogen-bond donors (Lipinski definition) is 1. The molecule has 0 saturated carbocycles. The summed E-state index contributed by atoms with van der Waals surface area (Å²) in [7, 11) is 0. The van der Waals surface area contributed by atoms with Crippen molar-refractivity contribution < 1.29 is 14.6 Å². The van der Waals surface area contributed by atoms with Gasteiger partial charge in [0.1, 0.15) is 12.4 Å². The number of ketones is 1. The maximum atomic E-state index is 12.4. The molecule has 0 spiro atoms. The molecule has 0 bridgehead atoms. The summed E-state index contributed by atoms with van der Waals surface area (Å²) in [6.07, 6.45) is -0.808. The average molecular weight is 254 g/mol. The van der Waals surface area contributed by atoms with Gasteiger partial charge >= 0.3 is 0 Å². The third kappa shape index (κ3) is 2.13. The number of carbonyl (C=O) groups excluding carboxylic acids is 1. The van der Waals surface area contributed by atoms with Crippen molar-refractivity contribution in [2.75, 3.05) is 6.61 Å². The summed E-state index contributed by atoms with van der Waals surface area (Å²) in [5.74, 6) is 0.0343. The first-order valence-electron chi connectivity index (χ1n) is 6.26. The molecule has 0 radical (unpaired) electrons. The van der Waals surface area contributed by atoms with Gasteiger partial charge in [0.2, 0.25) is 0 Å². The van der Waals surface area contributed by atoms with Crippen LogP contribution >= 0.6 is 0 Å². The van der Waals surface area contributed by atoms with E-state index in [4.69, 9.17) is 4.74 Å². The number of carbonyl (C=O) groups is 1. The monoisotopic (exact) mass is 254 g/mol. The molecule has 1 aliphatic rings. The number of ether oxygens (including phenoxy) is 1. The Kier molecular flexibility index (Phi) is 3.05. The van der Waals surface area contributed by atoms with Gasteiger partial charge < -0.3 is 9.84 Å². The highest BCUT2D eigenvalue weighted by Gasteiger charge is 2.34. The maximum absolute atomic E-state index is 12.4. The van der Waals surface area contributed by atoms with Crippen LogP contribution in [0.25, 0.3) is 0 Å². The Labute approximate surface area is 111 Å². The van der Waals surface area contributed by atoms with Gasteiger partial charge in [-0.3, -0.25) is 4.79 Å². The van der Waals surface area contributed by atoms with Gasteiger partial charge in [-0.1, -0.05) is 48.5 Å². The molecule has 1 N–H and O–H groups in total. The molecular formula is C16H14O3. The van der Waals surface area contributed by atoms with E-state index in [0.29, 0.717) is 16.9 Å². The van der Waals surface area contributed by atoms with Gasteiger partial charge in [0.15, 0.2) is 5.78 Å². The number of aliphatic hydroxyl groups excluding tert-OH is 1. The van der Waals surface area contributed by atoms with Crippen LogP contribution in [0.4, 0.5) is 0 Å². The minimum Gasteiger partial charge on any atom is -0.492 e. The number of para-hydroxylation sites is 1. The van der Waals surface area contributed by atoms with E-state index >= 15 is 0 Å². The standard InChI is InChI=1S/C16H14O3/c17-15(11-6-2-1-3-7-11)13-10-19-14-9-5-4-8-12(14)16(13)18/h1-9,13,16,18H,10H2/t13-,16+/m1/s1. The van der Waals surface area contributed by atoms with Crippen molar-refractivity contribution in [3.8, 4) is 5.75 Å². The predicted molar refractivity (Wildman–Crippen MR) is 71.2 cm³/mol. The van der Waals surface area contributed by atoms with Crippen molar-refractivity contribution in [1.82, 2.24) is 0 Å². The van der Waals surface area contributed by atoms with Crippen LogP contribution in [0, 0.1) is 5.92 Å². The third-order valence-corrected chi connectivity index (χ3v) is 3.43. The molecule has 0 aromatic heterocycles. The van der Waals surface area contributed by atoms with E-state index in [1.165, 1.54) is 0 Å². The van der Waals surface area contributed by atoms with E-state index in [-0.39, 0.29) is 12.4 Å². The van der Waals surface area contributed by atoms with Gasteiger partial charge in [0.05, 0.1) is 12.0 Å². The van der Waals surface area contributed by atoms with Crippen LogP contribution in [0.15, 0.2) is 54.6 Å². The quantitative estimate of drug-likeness (QED) is 0.838. The molecule has 1 aliphatic heterocycles. The van der Waals surface area contributed by atoms with Gasteiger partial charge in [0, 0.05) is 11.1 Å². The van der Waals surface area contributed by atoms with Crippen molar-refractivity contribution >= 4 is 5.78 Å². The molecule has 2 aromatic rings. The van der Waals surface area contributed by atoms with Crippen LogP contribution in [0.2, 0.25) is 0 Å². The molecule has 3 rings (SSSR count). The van der Waals surface area contributed by atoms with E-state index in [0.717, 1.165) is 0 Å². The predicted octanol–water partition coefficient (Wildman–Crippen LogP) is 2.61. The molecule has 2 atom stereocenters. The van der Waals surface area contributed by atoms with Crippen molar-refractivity contribution in [2.45, 2.75) is 6.10 Å². The van der Waals surface area contributed by atoms with Gasteiger partial charge in [0.25, 0.3) is 0 Å². The van der Waals surface area contributed by atoms with Crippen LogP contribution in [-0.2, 0) is 0 Å². The van der Waals surface area contributed by atoms with E-state index in [2.05, 4.69) is 0 Å². The van der Waals surface area contributed by atoms with Crippen molar-refractivity contribution in [3.05, 3.63) is 65.7 Å². The first-order chi connectivity index (χ1) is 9.27. The summed E-state index contributed by atoms with van der Waals surface area (Å²) in [6.45, 7) is 0.214. The topological polar surface area (TPSA) is 46.5 Å². The summed E-state index contributed by atoms with van der Waals surface area (Å²) < 4.78 is 5.57. The smallest absolute Gasteiger partial charge is 0.172 e. The van der Waals surface area contributed by atoms with Crippen LogP contribution in [0.3, 0.4) is 0 Å². The van der Waals surface area contributed by atoms with Gasteiger partial charge in [-0.05, 0) is 6.07 Å². The summed E-state index contributed by atoms with van der Waals surface area (Å²) in [6, 6.07) is 16.3. The molecule has 96 valence electrons. The number of aliphatic hydroxyl groups is 1. The zero-order chi connectivity index (χ0) is 13.2. The number of fused-ring (bicyclic) bond motifs is 1. The lowest BCUT2D eigenvalue weighted by Crippen LogP contribution is -2.32. The second kappa shape index (κ2) is 4.86. The fourth-order valence-electron chi connectivity index (χ4n) is 2.38. The third-order valence-electron chi connectivity index (χ3n) is 3.43. The molecule has 0 aliphatic carbocycles. The molecule has 0 amide bonds. The molecule has 2 aromatic carbocycles. The number of rotatable bonds is 2. The Hall–Kier alpha value is -2.13. The molecule has 1 heterocycles. The zero-order valence-electron chi connectivity index (χ0n) is 10.3. The number of benzene rings is 2. The van der Waals surface area contributed by atoms with E-state index < -0.39 is 12.0 Å². The first kappa shape index (κ1) is 11.9. The van der Waals surface area contributed by atoms with Crippen LogP contribution in [0.5, 0.6) is 5.75 Å². The lowest BCUT2D eigenvalue weighted by Gasteiger charge is -2.29. The number of hydrogen-bond acceptors (Lipinski definition) is 3. The second-order valence-corrected chi connectivity index (χ2v) is 4.63. The fourth-order valence-corrected chi connectivity index (χ4v) is 2.38. The van der Waals surface area contributed by atoms with E-state index in [1.54, 1.807) is 18.2 Å². The molecule has 0 unspecified atom stereocenters. The second-order valence-electron chi connectivity index (χ2n) is 4.63. The summed E-state index contributed by atoms with van der Waals surface area (Å²) in [5.41, 5.74) is 1.29. The highest BCUT2D eigenvalue weighted by Crippen LogP contribution is 2.36. The van der Waals surface area contributed by atoms with Crippen LogP contribution in [0.1, 0.15) is 22.0 Å². The van der Waals surface area contributed by atoms with Crippen molar-refractivity contribution in [3.63, 3.8) is 0 Å². The lowest BCUT2D eigenvalue weighted by atomic mass is 9.87. The van der Waals surface area contributed by atoms with Gasteiger partial charge in [-0.2, -0.15) is 0 Å². The molecule has 3 heteroatoms. The minimum absolute atomic E-state index is 0.0809. The van der Waals surface area contributed by atoms with E-state index in [9.17, 15) is 9.90 Å². The van der Waals surface area contributed by atoms with Crippen molar-refractivity contribution in [1.29, 1.82) is 0 Å². The Balaban J connectivity index is 1.90. The lowest BCUT2D eigenvalue weighted by molar-refractivity contribution is 0.0418. The maximum Gasteiger partial charge on any atom is 0.172 e. The average Bonchev–Trinajstić information content (AvgIpc) is 2.48. The largest absolute Gasteiger partial charge is 0.492 e.